The molecule has 0 radical (unpaired) electrons. The van der Waals surface area contributed by atoms with Crippen molar-refractivity contribution in [1.82, 2.24) is 5.43 Å². The van der Waals surface area contributed by atoms with Crippen molar-refractivity contribution < 1.29 is 0 Å². The number of aryl methyl sites for hydroxylation is 3. The van der Waals surface area contributed by atoms with Crippen LogP contribution in [0.5, 0.6) is 0 Å². The van der Waals surface area contributed by atoms with Gasteiger partial charge >= 0.3 is 0 Å². The normalized spacial score (nSPS) is 15.7. The minimum atomic E-state index is 0.127. The Morgan fingerprint density at radius 2 is 2.11 bits per heavy atom. The predicted octanol–water partition coefficient (Wildman–Crippen LogP) is 3.10. The fourth-order valence-electron chi connectivity index (χ4n) is 2.73. The molecule has 3 N–H and O–H groups in total. The highest BCUT2D eigenvalue weighted by Crippen LogP contribution is 2.36. The molecule has 1 atom stereocenters. The lowest BCUT2D eigenvalue weighted by atomic mass is 10.00. The van der Waals surface area contributed by atoms with Gasteiger partial charge in [-0.2, -0.15) is 0 Å². The number of hydrazine groups is 1. The molecule has 0 spiro atoms. The average Bonchev–Trinajstić information content (AvgIpc) is 2.93. The van der Waals surface area contributed by atoms with Crippen LogP contribution in [0.1, 0.15) is 38.9 Å². The summed E-state index contributed by atoms with van der Waals surface area (Å²) in [7, 11) is 0. The van der Waals surface area contributed by atoms with Gasteiger partial charge in [0, 0.05) is 9.75 Å². The molecule has 0 saturated heterocycles. The first-order valence-corrected chi connectivity index (χ1v) is 7.24. The summed E-state index contributed by atoms with van der Waals surface area (Å²) in [5.41, 5.74) is 7.07. The summed E-state index contributed by atoms with van der Waals surface area (Å²) in [5.74, 6) is 5.78. The zero-order valence-electron chi connectivity index (χ0n) is 10.6. The third-order valence-electron chi connectivity index (χ3n) is 3.72. The van der Waals surface area contributed by atoms with Crippen LogP contribution in [0, 0.1) is 6.92 Å². The molecule has 0 bridgehead atoms. The van der Waals surface area contributed by atoms with Gasteiger partial charge in [-0.1, -0.05) is 24.3 Å². The summed E-state index contributed by atoms with van der Waals surface area (Å²) in [6.45, 7) is 2.14. The molecule has 1 unspecified atom stereocenters. The van der Waals surface area contributed by atoms with Crippen molar-refractivity contribution in [2.75, 3.05) is 0 Å². The molecule has 94 valence electrons. The molecule has 3 rings (SSSR count). The Bertz CT molecular complexity index is 538. The first-order chi connectivity index (χ1) is 8.79. The van der Waals surface area contributed by atoms with E-state index < -0.39 is 0 Å². The molecule has 0 amide bonds. The number of nitrogens with two attached hydrogens (primary N) is 1. The number of fused-ring (bicyclic) bond motifs is 1. The Morgan fingerprint density at radius 3 is 2.83 bits per heavy atom. The van der Waals surface area contributed by atoms with Gasteiger partial charge in [0.25, 0.3) is 0 Å². The lowest BCUT2D eigenvalue weighted by molar-refractivity contribution is 0.643. The molecule has 1 aromatic carbocycles. The van der Waals surface area contributed by atoms with Crippen LogP contribution in [0.2, 0.25) is 0 Å². The Hall–Kier alpha value is -1.16. The van der Waals surface area contributed by atoms with Gasteiger partial charge in [0.2, 0.25) is 0 Å². The first kappa shape index (κ1) is 11.9. The molecule has 1 heterocycles. The number of hydrogen-bond acceptors (Lipinski definition) is 3. The minimum Gasteiger partial charge on any atom is -0.271 e. The van der Waals surface area contributed by atoms with Crippen LogP contribution in [0.3, 0.4) is 0 Å². The number of hydrogen-bond donors (Lipinski definition) is 2. The van der Waals surface area contributed by atoms with E-state index in [2.05, 4.69) is 42.7 Å². The summed E-state index contributed by atoms with van der Waals surface area (Å²) in [4.78, 5) is 2.90. The highest BCUT2D eigenvalue weighted by molar-refractivity contribution is 7.12. The Balaban J connectivity index is 1.99. The van der Waals surface area contributed by atoms with E-state index >= 15 is 0 Å². The quantitative estimate of drug-likeness (QED) is 0.656. The SMILES string of the molecule is Cc1ccccc1C(NN)c1cc2c(s1)CCC2. The Morgan fingerprint density at radius 1 is 1.28 bits per heavy atom. The lowest BCUT2D eigenvalue weighted by Crippen LogP contribution is -2.28. The zero-order valence-corrected chi connectivity index (χ0v) is 11.4. The van der Waals surface area contributed by atoms with E-state index in [1.807, 2.05) is 11.3 Å². The van der Waals surface area contributed by atoms with Crippen molar-refractivity contribution in [3.63, 3.8) is 0 Å². The standard InChI is InChI=1S/C15H18N2S/c1-10-5-2-3-7-12(10)15(17-16)14-9-11-6-4-8-13(11)18-14/h2-3,5,7,9,15,17H,4,6,8,16H2,1H3. The maximum absolute atomic E-state index is 5.78. The first-order valence-electron chi connectivity index (χ1n) is 6.42. The third-order valence-corrected chi connectivity index (χ3v) is 5.02. The lowest BCUT2D eigenvalue weighted by Gasteiger charge is -2.17. The number of benzene rings is 1. The highest BCUT2D eigenvalue weighted by atomic mass is 32.1. The van der Waals surface area contributed by atoms with Crippen molar-refractivity contribution in [1.29, 1.82) is 0 Å². The predicted molar refractivity (Wildman–Crippen MR) is 76.7 cm³/mol. The van der Waals surface area contributed by atoms with Crippen molar-refractivity contribution in [3.05, 3.63) is 56.8 Å². The average molecular weight is 258 g/mol. The maximum atomic E-state index is 5.78. The monoisotopic (exact) mass is 258 g/mol. The van der Waals surface area contributed by atoms with Gasteiger partial charge in [-0.15, -0.1) is 11.3 Å². The van der Waals surface area contributed by atoms with Gasteiger partial charge in [0.1, 0.15) is 0 Å². The van der Waals surface area contributed by atoms with Crippen LogP contribution in [-0.4, -0.2) is 0 Å². The summed E-state index contributed by atoms with van der Waals surface area (Å²) < 4.78 is 0. The van der Waals surface area contributed by atoms with Crippen molar-refractivity contribution in [2.24, 2.45) is 5.84 Å². The van der Waals surface area contributed by atoms with Crippen LogP contribution < -0.4 is 11.3 Å². The topological polar surface area (TPSA) is 38.0 Å². The molecule has 1 aliphatic carbocycles. The molecule has 18 heavy (non-hydrogen) atoms. The van der Waals surface area contributed by atoms with Gasteiger partial charge in [0.15, 0.2) is 0 Å². The van der Waals surface area contributed by atoms with Gasteiger partial charge in [-0.05, 0) is 48.9 Å². The van der Waals surface area contributed by atoms with Crippen molar-refractivity contribution in [2.45, 2.75) is 32.2 Å². The summed E-state index contributed by atoms with van der Waals surface area (Å²) in [6, 6.07) is 10.9. The molecule has 0 saturated carbocycles. The smallest absolute Gasteiger partial charge is 0.0805 e. The third kappa shape index (κ3) is 1.99. The number of nitrogens with one attached hydrogen (secondary N) is 1. The molecule has 1 aromatic heterocycles. The number of thiophene rings is 1. The molecule has 2 nitrogen and oxygen atoms in total. The van der Waals surface area contributed by atoms with Crippen LogP contribution in [0.4, 0.5) is 0 Å². The largest absolute Gasteiger partial charge is 0.271 e. The molecule has 3 heteroatoms. The Labute approximate surface area is 112 Å². The molecular formula is C15H18N2S. The maximum Gasteiger partial charge on any atom is 0.0805 e. The van der Waals surface area contributed by atoms with E-state index in [4.69, 9.17) is 5.84 Å². The van der Waals surface area contributed by atoms with Crippen LogP contribution in [-0.2, 0) is 12.8 Å². The van der Waals surface area contributed by atoms with E-state index in [1.165, 1.54) is 40.8 Å². The molecule has 0 aliphatic heterocycles. The minimum absolute atomic E-state index is 0.127. The van der Waals surface area contributed by atoms with Crippen LogP contribution >= 0.6 is 11.3 Å². The molecule has 2 aromatic rings. The second-order valence-corrected chi connectivity index (χ2v) is 6.08. The van der Waals surface area contributed by atoms with Crippen LogP contribution in [0.15, 0.2) is 30.3 Å². The van der Waals surface area contributed by atoms with E-state index in [0.717, 1.165) is 0 Å². The molecule has 1 aliphatic rings. The molecule has 0 fully saturated rings. The van der Waals surface area contributed by atoms with E-state index in [1.54, 1.807) is 4.88 Å². The number of rotatable bonds is 3. The second-order valence-electron chi connectivity index (χ2n) is 4.91. The molecular weight excluding hydrogens is 240 g/mol. The summed E-state index contributed by atoms with van der Waals surface area (Å²) >= 11 is 1.92. The van der Waals surface area contributed by atoms with Gasteiger partial charge in [-0.3, -0.25) is 5.84 Å². The Kier molecular flexibility index (Phi) is 3.20. The second kappa shape index (κ2) is 4.84. The zero-order chi connectivity index (χ0) is 12.5. The fraction of sp³-hybridized carbons (Fsp3) is 0.333. The summed E-state index contributed by atoms with van der Waals surface area (Å²) in [6.07, 6.45) is 3.79. The van der Waals surface area contributed by atoms with E-state index in [-0.39, 0.29) is 6.04 Å². The van der Waals surface area contributed by atoms with Gasteiger partial charge in [-0.25, -0.2) is 5.43 Å². The van der Waals surface area contributed by atoms with Crippen molar-refractivity contribution in [3.8, 4) is 0 Å². The van der Waals surface area contributed by atoms with Gasteiger partial charge < -0.3 is 0 Å². The summed E-state index contributed by atoms with van der Waals surface area (Å²) in [5, 5.41) is 0. The van der Waals surface area contributed by atoms with Crippen LogP contribution in [0.25, 0.3) is 0 Å². The van der Waals surface area contributed by atoms with Gasteiger partial charge in [0.05, 0.1) is 6.04 Å². The fourth-order valence-corrected chi connectivity index (χ4v) is 4.07. The highest BCUT2D eigenvalue weighted by Gasteiger charge is 2.21. The van der Waals surface area contributed by atoms with E-state index in [0.29, 0.717) is 0 Å². The van der Waals surface area contributed by atoms with Crippen molar-refractivity contribution >= 4 is 11.3 Å². The van der Waals surface area contributed by atoms with E-state index in [9.17, 15) is 0 Å².